The molecule has 0 unspecified atom stereocenters. The van der Waals surface area contributed by atoms with Crippen LogP contribution < -0.4 is 0 Å². The summed E-state index contributed by atoms with van der Waals surface area (Å²) in [5.74, 6) is 0.689. The van der Waals surface area contributed by atoms with E-state index in [-0.39, 0.29) is 6.23 Å². The van der Waals surface area contributed by atoms with E-state index >= 15 is 0 Å². The van der Waals surface area contributed by atoms with Gasteiger partial charge in [0.15, 0.2) is 0 Å². The molecule has 5 heteroatoms. The third-order valence-electron chi connectivity index (χ3n) is 2.64. The van der Waals surface area contributed by atoms with Crippen LogP contribution in [0.3, 0.4) is 0 Å². The molecule has 1 saturated heterocycles. The molecule has 1 fully saturated rings. The Morgan fingerprint density at radius 1 is 1.31 bits per heavy atom. The first-order valence-corrected chi connectivity index (χ1v) is 6.40. The molecule has 1 atom stereocenters. The smallest absolute Gasteiger partial charge is 0.110 e. The SMILES string of the molecule is COCCO[C@@H](CCCCl)N1CCOCC1. The maximum atomic E-state index is 5.81. The molecule has 0 N–H and O–H groups in total. The summed E-state index contributed by atoms with van der Waals surface area (Å²) in [7, 11) is 1.69. The van der Waals surface area contributed by atoms with Gasteiger partial charge in [-0.25, -0.2) is 0 Å². The lowest BCUT2D eigenvalue weighted by Gasteiger charge is -2.34. The van der Waals surface area contributed by atoms with Gasteiger partial charge in [-0.2, -0.15) is 0 Å². The quantitative estimate of drug-likeness (QED) is 0.481. The lowest BCUT2D eigenvalue weighted by molar-refractivity contribution is -0.107. The Hall–Kier alpha value is 0.130. The molecule has 0 radical (unpaired) electrons. The van der Waals surface area contributed by atoms with E-state index in [4.69, 9.17) is 25.8 Å². The highest BCUT2D eigenvalue weighted by Crippen LogP contribution is 2.11. The number of halogens is 1. The standard InChI is InChI=1S/C11H22ClNO3/c1-14-9-10-16-11(3-2-4-12)13-5-7-15-8-6-13/h11H,2-10H2,1H3/t11-/m0/s1. The van der Waals surface area contributed by atoms with Gasteiger partial charge in [-0.05, 0) is 12.8 Å². The highest BCUT2D eigenvalue weighted by molar-refractivity contribution is 6.17. The minimum absolute atomic E-state index is 0.165. The van der Waals surface area contributed by atoms with E-state index in [1.54, 1.807) is 7.11 Å². The van der Waals surface area contributed by atoms with Crippen molar-refractivity contribution in [1.82, 2.24) is 4.90 Å². The van der Waals surface area contributed by atoms with Crippen molar-refractivity contribution in [3.05, 3.63) is 0 Å². The number of hydrogen-bond acceptors (Lipinski definition) is 4. The molecule has 1 aliphatic heterocycles. The molecule has 4 nitrogen and oxygen atoms in total. The monoisotopic (exact) mass is 251 g/mol. The summed E-state index contributed by atoms with van der Waals surface area (Å²) in [5, 5.41) is 0. The summed E-state index contributed by atoms with van der Waals surface area (Å²) < 4.78 is 16.1. The number of morpholine rings is 1. The van der Waals surface area contributed by atoms with Crippen LogP contribution in [0.4, 0.5) is 0 Å². The Morgan fingerprint density at radius 3 is 2.69 bits per heavy atom. The molecule has 0 saturated carbocycles. The maximum absolute atomic E-state index is 5.81. The van der Waals surface area contributed by atoms with E-state index in [0.717, 1.165) is 39.1 Å². The molecule has 0 spiro atoms. The average Bonchev–Trinajstić information content (AvgIpc) is 2.35. The molecule has 0 aromatic rings. The Morgan fingerprint density at radius 2 is 2.06 bits per heavy atom. The van der Waals surface area contributed by atoms with E-state index in [9.17, 15) is 0 Å². The van der Waals surface area contributed by atoms with Crippen molar-refractivity contribution in [2.24, 2.45) is 0 Å². The van der Waals surface area contributed by atoms with Gasteiger partial charge < -0.3 is 14.2 Å². The van der Waals surface area contributed by atoms with Crippen LogP contribution in [0.2, 0.25) is 0 Å². The lowest BCUT2D eigenvalue weighted by Crippen LogP contribution is -2.45. The van der Waals surface area contributed by atoms with Crippen LogP contribution in [0.15, 0.2) is 0 Å². The first-order valence-electron chi connectivity index (χ1n) is 5.86. The van der Waals surface area contributed by atoms with Crippen molar-refractivity contribution in [3.63, 3.8) is 0 Å². The summed E-state index contributed by atoms with van der Waals surface area (Å²) >= 11 is 5.72. The van der Waals surface area contributed by atoms with Gasteiger partial charge in [-0.15, -0.1) is 11.6 Å². The fraction of sp³-hybridized carbons (Fsp3) is 1.00. The molecule has 0 aromatic carbocycles. The summed E-state index contributed by atoms with van der Waals surface area (Å²) in [6.07, 6.45) is 2.13. The second kappa shape index (κ2) is 9.19. The number of rotatable bonds is 8. The Balaban J connectivity index is 2.28. The molecule has 1 rings (SSSR count). The van der Waals surface area contributed by atoms with Crippen molar-refractivity contribution >= 4 is 11.6 Å². The molecule has 1 aliphatic rings. The summed E-state index contributed by atoms with van der Waals surface area (Å²) in [5.41, 5.74) is 0. The molecule has 0 amide bonds. The topological polar surface area (TPSA) is 30.9 Å². The molecule has 96 valence electrons. The average molecular weight is 252 g/mol. The zero-order valence-corrected chi connectivity index (χ0v) is 10.7. The lowest BCUT2D eigenvalue weighted by atomic mass is 10.2. The van der Waals surface area contributed by atoms with Gasteiger partial charge in [0.25, 0.3) is 0 Å². The summed E-state index contributed by atoms with van der Waals surface area (Å²) in [6.45, 7) is 4.76. The van der Waals surface area contributed by atoms with Crippen molar-refractivity contribution in [2.45, 2.75) is 19.1 Å². The van der Waals surface area contributed by atoms with Crippen LogP contribution in [-0.4, -0.2) is 63.6 Å². The van der Waals surface area contributed by atoms with Gasteiger partial charge in [0.2, 0.25) is 0 Å². The predicted octanol–water partition coefficient (Wildman–Crippen LogP) is 1.33. The number of alkyl halides is 1. The maximum Gasteiger partial charge on any atom is 0.110 e. The molecule has 0 aromatic heterocycles. The highest BCUT2D eigenvalue weighted by atomic mass is 35.5. The van der Waals surface area contributed by atoms with Crippen molar-refractivity contribution in [1.29, 1.82) is 0 Å². The van der Waals surface area contributed by atoms with Gasteiger partial charge in [0.05, 0.1) is 26.4 Å². The van der Waals surface area contributed by atoms with Crippen LogP contribution in [0.5, 0.6) is 0 Å². The fourth-order valence-corrected chi connectivity index (χ4v) is 1.91. The molecule has 1 heterocycles. The second-order valence-corrected chi connectivity index (χ2v) is 4.18. The number of nitrogens with zero attached hydrogens (tertiary/aromatic N) is 1. The van der Waals surface area contributed by atoms with E-state index in [1.165, 1.54) is 0 Å². The van der Waals surface area contributed by atoms with Crippen molar-refractivity contribution < 1.29 is 14.2 Å². The molecule has 16 heavy (non-hydrogen) atoms. The van der Waals surface area contributed by atoms with Gasteiger partial charge in [-0.1, -0.05) is 0 Å². The van der Waals surface area contributed by atoms with Crippen LogP contribution in [0.25, 0.3) is 0 Å². The van der Waals surface area contributed by atoms with Gasteiger partial charge in [-0.3, -0.25) is 4.90 Å². The van der Waals surface area contributed by atoms with Crippen LogP contribution >= 0.6 is 11.6 Å². The Bertz CT molecular complexity index is 165. The minimum atomic E-state index is 0.165. The minimum Gasteiger partial charge on any atom is -0.382 e. The first-order chi connectivity index (χ1) is 7.88. The van der Waals surface area contributed by atoms with Crippen LogP contribution in [-0.2, 0) is 14.2 Å². The van der Waals surface area contributed by atoms with E-state index < -0.39 is 0 Å². The zero-order valence-electron chi connectivity index (χ0n) is 9.99. The Labute approximate surface area is 103 Å². The fourth-order valence-electron chi connectivity index (χ4n) is 1.76. The third-order valence-corrected chi connectivity index (χ3v) is 2.90. The molecular formula is C11H22ClNO3. The largest absolute Gasteiger partial charge is 0.382 e. The van der Waals surface area contributed by atoms with Crippen LogP contribution in [0, 0.1) is 0 Å². The normalized spacial score (nSPS) is 19.9. The van der Waals surface area contributed by atoms with Gasteiger partial charge >= 0.3 is 0 Å². The predicted molar refractivity (Wildman–Crippen MR) is 64.0 cm³/mol. The first kappa shape index (κ1) is 14.2. The van der Waals surface area contributed by atoms with E-state index in [1.807, 2.05) is 0 Å². The zero-order chi connectivity index (χ0) is 11.6. The number of ether oxygens (including phenoxy) is 3. The number of methoxy groups -OCH3 is 1. The molecule has 0 bridgehead atoms. The van der Waals surface area contributed by atoms with Crippen molar-refractivity contribution in [3.8, 4) is 0 Å². The van der Waals surface area contributed by atoms with Gasteiger partial charge in [0, 0.05) is 26.1 Å². The summed E-state index contributed by atoms with van der Waals surface area (Å²) in [4.78, 5) is 2.33. The second-order valence-electron chi connectivity index (χ2n) is 3.80. The van der Waals surface area contributed by atoms with Crippen LogP contribution in [0.1, 0.15) is 12.8 Å². The van der Waals surface area contributed by atoms with E-state index in [0.29, 0.717) is 19.1 Å². The highest BCUT2D eigenvalue weighted by Gasteiger charge is 2.20. The molecule has 0 aliphatic carbocycles. The third kappa shape index (κ3) is 5.46. The number of hydrogen-bond donors (Lipinski definition) is 0. The van der Waals surface area contributed by atoms with E-state index in [2.05, 4.69) is 4.90 Å². The van der Waals surface area contributed by atoms with Crippen molar-refractivity contribution in [2.75, 3.05) is 52.5 Å². The Kier molecular flexibility index (Phi) is 8.15. The summed E-state index contributed by atoms with van der Waals surface area (Å²) in [6, 6.07) is 0. The van der Waals surface area contributed by atoms with Gasteiger partial charge in [0.1, 0.15) is 6.23 Å². The molecular weight excluding hydrogens is 230 g/mol.